The molecule has 2 fully saturated rings. The summed E-state index contributed by atoms with van der Waals surface area (Å²) in [6.07, 6.45) is 9.34. The lowest BCUT2D eigenvalue weighted by molar-refractivity contribution is -0.130. The highest BCUT2D eigenvalue weighted by atomic mass is 28.4. The first kappa shape index (κ1) is 23.1. The molecule has 3 heteroatoms. The van der Waals surface area contributed by atoms with Crippen molar-refractivity contribution in [3.8, 4) is 0 Å². The molecule has 0 unspecified atom stereocenters. The van der Waals surface area contributed by atoms with E-state index in [9.17, 15) is 4.79 Å². The van der Waals surface area contributed by atoms with Gasteiger partial charge in [-0.3, -0.25) is 4.79 Å². The van der Waals surface area contributed by atoms with Crippen LogP contribution in [0.1, 0.15) is 99.8 Å². The van der Waals surface area contributed by atoms with Crippen molar-refractivity contribution in [3.05, 3.63) is 0 Å². The Morgan fingerprint density at radius 2 is 1.81 bits per heavy atom. The zero-order valence-electron chi connectivity index (χ0n) is 19.3. The van der Waals surface area contributed by atoms with Crippen LogP contribution in [0.4, 0.5) is 0 Å². The average molecular weight is 395 g/mol. The maximum absolute atomic E-state index is 12.4. The average Bonchev–Trinajstić information content (AvgIpc) is 2.98. The second-order valence-corrected chi connectivity index (χ2v) is 15.2. The van der Waals surface area contributed by atoms with E-state index in [2.05, 4.69) is 48.5 Å². The molecule has 0 amide bonds. The summed E-state index contributed by atoms with van der Waals surface area (Å²) in [6.45, 7) is 16.5. The molecule has 0 aliphatic heterocycles. The van der Waals surface area contributed by atoms with Crippen LogP contribution in [0.3, 0.4) is 0 Å². The van der Waals surface area contributed by atoms with Crippen molar-refractivity contribution in [2.45, 2.75) is 124 Å². The van der Waals surface area contributed by atoms with E-state index >= 15 is 0 Å². The van der Waals surface area contributed by atoms with Crippen molar-refractivity contribution < 1.29 is 9.22 Å². The lowest BCUT2D eigenvalue weighted by Crippen LogP contribution is -2.44. The number of hydrogen-bond acceptors (Lipinski definition) is 2. The third kappa shape index (κ3) is 5.07. The predicted octanol–water partition coefficient (Wildman–Crippen LogP) is 7.38. The first-order valence-electron chi connectivity index (χ1n) is 11.9. The van der Waals surface area contributed by atoms with Gasteiger partial charge >= 0.3 is 0 Å². The Labute approximate surface area is 170 Å². The molecule has 0 N–H and O–H groups in total. The highest BCUT2D eigenvalue weighted by Crippen LogP contribution is 2.57. The summed E-state index contributed by atoms with van der Waals surface area (Å²) in [5.41, 5.74) is 0.298. The molecule has 0 bridgehead atoms. The van der Waals surface area contributed by atoms with Crippen LogP contribution in [0.25, 0.3) is 0 Å². The Morgan fingerprint density at radius 3 is 2.41 bits per heavy atom. The second kappa shape index (κ2) is 9.11. The maximum atomic E-state index is 12.4. The monoisotopic (exact) mass is 394 g/mol. The van der Waals surface area contributed by atoms with Gasteiger partial charge < -0.3 is 4.43 Å². The van der Waals surface area contributed by atoms with Crippen molar-refractivity contribution in [2.75, 3.05) is 0 Å². The van der Waals surface area contributed by atoms with Crippen molar-refractivity contribution in [2.24, 2.45) is 23.2 Å². The number of carbonyl (C=O) groups is 1. The Bertz CT molecular complexity index is 488. The van der Waals surface area contributed by atoms with Gasteiger partial charge in [-0.2, -0.15) is 0 Å². The molecule has 0 heterocycles. The number of Topliss-reactive ketones (excluding diaryl/α,β-unsaturated/α-hetero) is 1. The zero-order chi connectivity index (χ0) is 20.3. The maximum Gasteiger partial charge on any atom is 0.192 e. The molecule has 0 saturated heterocycles. The highest BCUT2D eigenvalue weighted by molar-refractivity contribution is 6.73. The SMILES string of the molecule is CC[Si](CC)(CC)OC(C)(C)CCC[C@@H](C)[C@H]1CC[C@@H]2C(=O)CCC[C@@]21C. The van der Waals surface area contributed by atoms with Crippen LogP contribution in [-0.2, 0) is 9.22 Å². The van der Waals surface area contributed by atoms with Gasteiger partial charge in [0, 0.05) is 12.3 Å². The van der Waals surface area contributed by atoms with E-state index in [0.717, 1.165) is 37.5 Å². The van der Waals surface area contributed by atoms with Gasteiger partial charge in [-0.1, -0.05) is 47.5 Å². The fraction of sp³-hybridized carbons (Fsp3) is 0.958. The van der Waals surface area contributed by atoms with Gasteiger partial charge in [-0.15, -0.1) is 0 Å². The second-order valence-electron chi connectivity index (χ2n) is 10.5. The third-order valence-corrected chi connectivity index (χ3v) is 13.3. The Hall–Kier alpha value is -0.153. The van der Waals surface area contributed by atoms with Crippen LogP contribution < -0.4 is 0 Å². The number of hydrogen-bond donors (Lipinski definition) is 0. The third-order valence-electron chi connectivity index (χ3n) is 8.49. The van der Waals surface area contributed by atoms with E-state index in [4.69, 9.17) is 4.43 Å². The van der Waals surface area contributed by atoms with Crippen molar-refractivity contribution in [1.82, 2.24) is 0 Å². The quantitative estimate of drug-likeness (QED) is 0.361. The summed E-state index contributed by atoms with van der Waals surface area (Å²) in [6, 6.07) is 3.70. The van der Waals surface area contributed by atoms with E-state index in [1.54, 1.807) is 0 Å². The van der Waals surface area contributed by atoms with Gasteiger partial charge in [0.1, 0.15) is 5.78 Å². The van der Waals surface area contributed by atoms with Crippen molar-refractivity contribution >= 4 is 14.1 Å². The van der Waals surface area contributed by atoms with Crippen molar-refractivity contribution in [1.29, 1.82) is 0 Å². The zero-order valence-corrected chi connectivity index (χ0v) is 20.3. The molecule has 2 saturated carbocycles. The molecule has 2 rings (SSSR count). The van der Waals surface area contributed by atoms with Crippen LogP contribution >= 0.6 is 0 Å². The minimum absolute atomic E-state index is 0.0108. The number of fused-ring (bicyclic) bond motifs is 1. The minimum Gasteiger partial charge on any atom is -0.412 e. The normalized spacial score (nSPS) is 30.4. The number of carbonyl (C=O) groups excluding carboxylic acids is 1. The molecule has 0 spiro atoms. The van der Waals surface area contributed by atoms with E-state index < -0.39 is 8.32 Å². The fourth-order valence-corrected chi connectivity index (χ4v) is 9.77. The smallest absolute Gasteiger partial charge is 0.192 e. The summed E-state index contributed by atoms with van der Waals surface area (Å²) in [4.78, 5) is 12.4. The molecular weight excluding hydrogens is 348 g/mol. The molecule has 4 atom stereocenters. The van der Waals surface area contributed by atoms with Crippen molar-refractivity contribution in [3.63, 3.8) is 0 Å². The summed E-state index contributed by atoms with van der Waals surface area (Å²) in [5, 5.41) is 0. The summed E-state index contributed by atoms with van der Waals surface area (Å²) < 4.78 is 6.79. The highest BCUT2D eigenvalue weighted by Gasteiger charge is 2.52. The molecule has 0 aromatic rings. The lowest BCUT2D eigenvalue weighted by atomic mass is 9.62. The van der Waals surface area contributed by atoms with E-state index in [0.29, 0.717) is 11.7 Å². The number of rotatable bonds is 10. The lowest BCUT2D eigenvalue weighted by Gasteiger charge is -2.42. The van der Waals surface area contributed by atoms with E-state index in [1.165, 1.54) is 43.8 Å². The summed E-state index contributed by atoms with van der Waals surface area (Å²) in [5.74, 6) is 2.40. The molecule has 0 aromatic carbocycles. The van der Waals surface area contributed by atoms with Crippen LogP contribution in [0, 0.1) is 23.2 Å². The molecule has 0 aromatic heterocycles. The molecule has 27 heavy (non-hydrogen) atoms. The molecule has 2 aliphatic carbocycles. The van der Waals surface area contributed by atoms with Gasteiger partial charge in [0.2, 0.25) is 0 Å². The van der Waals surface area contributed by atoms with Crippen LogP contribution in [-0.4, -0.2) is 19.7 Å². The number of ketones is 1. The molecule has 158 valence electrons. The first-order chi connectivity index (χ1) is 12.6. The van der Waals surface area contributed by atoms with Gasteiger partial charge in [0.05, 0.1) is 5.60 Å². The molecular formula is C24H46O2Si. The van der Waals surface area contributed by atoms with Crippen LogP contribution in [0.2, 0.25) is 18.1 Å². The standard InChI is InChI=1S/C24H46O2Si/c1-8-27(9-2,10-3)26-23(5,6)17-11-13-19(4)20-15-16-21-22(25)14-12-18-24(20,21)7/h19-21H,8-18H2,1-7H3/t19-,20-,21-,24-/m1/s1. The van der Waals surface area contributed by atoms with E-state index in [-0.39, 0.29) is 11.0 Å². The summed E-state index contributed by atoms with van der Waals surface area (Å²) >= 11 is 0. The predicted molar refractivity (Wildman–Crippen MR) is 119 cm³/mol. The molecule has 0 radical (unpaired) electrons. The fourth-order valence-electron chi connectivity index (χ4n) is 6.56. The van der Waals surface area contributed by atoms with Crippen LogP contribution in [0.15, 0.2) is 0 Å². The topological polar surface area (TPSA) is 26.3 Å². The van der Waals surface area contributed by atoms with E-state index in [1.807, 2.05) is 0 Å². The Morgan fingerprint density at radius 1 is 1.19 bits per heavy atom. The first-order valence-corrected chi connectivity index (χ1v) is 14.4. The van der Waals surface area contributed by atoms with Gasteiger partial charge in [-0.25, -0.2) is 0 Å². The molecule has 2 aliphatic rings. The van der Waals surface area contributed by atoms with Gasteiger partial charge in [-0.05, 0) is 81.3 Å². The van der Waals surface area contributed by atoms with Crippen LogP contribution in [0.5, 0.6) is 0 Å². The Kier molecular flexibility index (Phi) is 7.81. The van der Waals surface area contributed by atoms with Gasteiger partial charge in [0.15, 0.2) is 8.32 Å². The summed E-state index contributed by atoms with van der Waals surface area (Å²) in [7, 11) is -1.54. The van der Waals surface area contributed by atoms with Gasteiger partial charge in [0.25, 0.3) is 0 Å². The molecule has 2 nitrogen and oxygen atoms in total. The minimum atomic E-state index is -1.54. The largest absolute Gasteiger partial charge is 0.412 e. The Balaban J connectivity index is 1.88.